The van der Waals surface area contributed by atoms with Gasteiger partial charge in [0, 0.05) is 5.41 Å². The lowest BCUT2D eigenvalue weighted by Crippen LogP contribution is -2.48. The van der Waals surface area contributed by atoms with Gasteiger partial charge in [0.15, 0.2) is 0 Å². The lowest BCUT2D eigenvalue weighted by atomic mass is 9.67. The van der Waals surface area contributed by atoms with Crippen molar-refractivity contribution in [1.82, 2.24) is 0 Å². The minimum absolute atomic E-state index is 0.103. The summed E-state index contributed by atoms with van der Waals surface area (Å²) >= 11 is 0. The Labute approximate surface area is 100 Å². The topological polar surface area (TPSA) is 40.5 Å². The quantitative estimate of drug-likeness (QED) is 0.726. The van der Waals surface area contributed by atoms with E-state index in [0.717, 1.165) is 44.4 Å². The van der Waals surface area contributed by atoms with Crippen LogP contribution in [0.25, 0.3) is 0 Å². The fourth-order valence-electron chi connectivity index (χ4n) is 3.11. The highest BCUT2D eigenvalue weighted by Gasteiger charge is 2.45. The monoisotopic (exact) mass is 228 g/mol. The zero-order valence-electron chi connectivity index (χ0n) is 11.1. The van der Waals surface area contributed by atoms with Crippen LogP contribution in [0.3, 0.4) is 0 Å². The molecule has 96 valence electrons. The molecule has 0 aromatic heterocycles. The maximum Gasteiger partial charge on any atom is 0.0723 e. The minimum atomic E-state index is -0.650. The molecule has 1 rings (SSSR count). The molecule has 0 aromatic rings. The summed E-state index contributed by atoms with van der Waals surface area (Å²) in [5.41, 5.74) is -0.964. The van der Waals surface area contributed by atoms with Gasteiger partial charge in [-0.2, -0.15) is 0 Å². The third-order valence-corrected chi connectivity index (χ3v) is 4.61. The predicted molar refractivity (Wildman–Crippen MR) is 67.3 cm³/mol. The van der Waals surface area contributed by atoms with Gasteiger partial charge in [0.25, 0.3) is 0 Å². The summed E-state index contributed by atoms with van der Waals surface area (Å²) in [6.45, 7) is 6.54. The normalized spacial score (nSPS) is 35.4. The molecule has 0 spiro atoms. The zero-order valence-corrected chi connectivity index (χ0v) is 11.1. The number of aliphatic hydroxyl groups excluding tert-OH is 1. The summed E-state index contributed by atoms with van der Waals surface area (Å²) in [6.07, 6.45) is 7.05. The molecule has 1 aliphatic rings. The Kier molecular flexibility index (Phi) is 4.81. The fourth-order valence-corrected chi connectivity index (χ4v) is 3.11. The molecular weight excluding hydrogens is 200 g/mol. The van der Waals surface area contributed by atoms with Crippen LogP contribution < -0.4 is 0 Å². The van der Waals surface area contributed by atoms with Gasteiger partial charge in [-0.15, -0.1) is 0 Å². The molecule has 1 aliphatic carbocycles. The summed E-state index contributed by atoms with van der Waals surface area (Å²) in [7, 11) is 0. The van der Waals surface area contributed by atoms with Crippen molar-refractivity contribution in [3.8, 4) is 0 Å². The number of hydrogen-bond acceptors (Lipinski definition) is 2. The first-order valence-electron chi connectivity index (χ1n) is 6.81. The predicted octanol–water partition coefficient (Wildman–Crippen LogP) is 3.12. The van der Waals surface area contributed by atoms with Gasteiger partial charge in [-0.25, -0.2) is 0 Å². The third kappa shape index (κ3) is 2.78. The average Bonchev–Trinajstić information content (AvgIpc) is 2.42. The molecule has 3 atom stereocenters. The van der Waals surface area contributed by atoms with Crippen LogP contribution in [0.4, 0.5) is 0 Å². The van der Waals surface area contributed by atoms with Gasteiger partial charge < -0.3 is 10.2 Å². The van der Waals surface area contributed by atoms with Crippen LogP contribution in [0, 0.1) is 11.3 Å². The smallest absolute Gasteiger partial charge is 0.0723 e. The number of aliphatic hydroxyl groups is 2. The van der Waals surface area contributed by atoms with Crippen molar-refractivity contribution in [2.45, 2.75) is 71.3 Å². The van der Waals surface area contributed by atoms with Gasteiger partial charge in [-0.1, -0.05) is 40.0 Å². The molecule has 2 nitrogen and oxygen atoms in total. The van der Waals surface area contributed by atoms with Crippen LogP contribution in [-0.4, -0.2) is 22.4 Å². The molecule has 3 unspecified atom stereocenters. The molecule has 0 saturated heterocycles. The van der Waals surface area contributed by atoms with Crippen LogP contribution in [0.5, 0.6) is 0 Å². The van der Waals surface area contributed by atoms with E-state index in [1.54, 1.807) is 0 Å². The van der Waals surface area contributed by atoms with E-state index in [9.17, 15) is 10.2 Å². The van der Waals surface area contributed by atoms with Gasteiger partial charge in [-0.05, 0) is 31.6 Å². The van der Waals surface area contributed by atoms with Crippen LogP contribution >= 0.6 is 0 Å². The van der Waals surface area contributed by atoms with Crippen molar-refractivity contribution < 1.29 is 10.2 Å². The Morgan fingerprint density at radius 3 is 2.56 bits per heavy atom. The molecular formula is C14H28O2. The second-order valence-electron chi connectivity index (χ2n) is 6.04. The molecule has 1 saturated carbocycles. The summed E-state index contributed by atoms with van der Waals surface area (Å²) in [5, 5.41) is 20.5. The minimum Gasteiger partial charge on any atom is -0.396 e. The Balaban J connectivity index is 2.79. The van der Waals surface area contributed by atoms with Crippen molar-refractivity contribution in [3.63, 3.8) is 0 Å². The lowest BCUT2D eigenvalue weighted by Gasteiger charge is -2.44. The van der Waals surface area contributed by atoms with Crippen molar-refractivity contribution in [3.05, 3.63) is 0 Å². The molecule has 2 heteroatoms. The second kappa shape index (κ2) is 5.50. The van der Waals surface area contributed by atoms with E-state index in [4.69, 9.17) is 0 Å². The van der Waals surface area contributed by atoms with E-state index < -0.39 is 5.60 Å². The third-order valence-electron chi connectivity index (χ3n) is 4.61. The first-order valence-corrected chi connectivity index (χ1v) is 6.81. The molecule has 0 bridgehead atoms. The van der Waals surface area contributed by atoms with Crippen molar-refractivity contribution in [1.29, 1.82) is 0 Å². The molecule has 0 aliphatic heterocycles. The number of hydrogen-bond donors (Lipinski definition) is 2. The SMILES string of the molecule is CCCC(C)(CO)C1(O)CCCC(C)CC1. The maximum atomic E-state index is 10.9. The maximum absolute atomic E-state index is 10.9. The van der Waals surface area contributed by atoms with Crippen LogP contribution in [0.15, 0.2) is 0 Å². The summed E-state index contributed by atoms with van der Waals surface area (Å²) < 4.78 is 0. The molecule has 0 aromatic carbocycles. The highest BCUT2D eigenvalue weighted by Crippen LogP contribution is 2.45. The largest absolute Gasteiger partial charge is 0.396 e. The van der Waals surface area contributed by atoms with Crippen LogP contribution in [0.2, 0.25) is 0 Å². The van der Waals surface area contributed by atoms with Crippen LogP contribution in [-0.2, 0) is 0 Å². The lowest BCUT2D eigenvalue weighted by molar-refractivity contribution is -0.114. The van der Waals surface area contributed by atoms with Crippen LogP contribution in [0.1, 0.15) is 65.7 Å². The molecule has 0 heterocycles. The Hall–Kier alpha value is -0.0800. The van der Waals surface area contributed by atoms with E-state index in [1.807, 2.05) is 6.92 Å². The molecule has 16 heavy (non-hydrogen) atoms. The van der Waals surface area contributed by atoms with Crippen molar-refractivity contribution >= 4 is 0 Å². The van der Waals surface area contributed by atoms with Gasteiger partial charge >= 0.3 is 0 Å². The van der Waals surface area contributed by atoms with E-state index in [2.05, 4.69) is 13.8 Å². The average molecular weight is 228 g/mol. The summed E-state index contributed by atoms with van der Waals surface area (Å²) in [5.74, 6) is 0.721. The Bertz CT molecular complexity index is 217. The summed E-state index contributed by atoms with van der Waals surface area (Å²) in [6, 6.07) is 0. The standard InChI is InChI=1S/C14H28O2/c1-4-8-13(3,11-15)14(16)9-5-6-12(2)7-10-14/h12,15-16H,4-11H2,1-3H3. The first-order chi connectivity index (χ1) is 7.47. The summed E-state index contributed by atoms with van der Waals surface area (Å²) in [4.78, 5) is 0. The van der Waals surface area contributed by atoms with Gasteiger partial charge in [0.1, 0.15) is 0 Å². The number of rotatable bonds is 4. The Morgan fingerprint density at radius 1 is 1.31 bits per heavy atom. The fraction of sp³-hybridized carbons (Fsp3) is 1.00. The van der Waals surface area contributed by atoms with Gasteiger partial charge in [-0.3, -0.25) is 0 Å². The molecule has 1 fully saturated rings. The van der Waals surface area contributed by atoms with E-state index in [0.29, 0.717) is 0 Å². The van der Waals surface area contributed by atoms with Crippen molar-refractivity contribution in [2.75, 3.05) is 6.61 Å². The molecule has 2 N–H and O–H groups in total. The highest BCUT2D eigenvalue weighted by molar-refractivity contribution is 4.97. The second-order valence-corrected chi connectivity index (χ2v) is 6.04. The molecule has 0 amide bonds. The van der Waals surface area contributed by atoms with E-state index in [-0.39, 0.29) is 12.0 Å². The van der Waals surface area contributed by atoms with E-state index >= 15 is 0 Å². The van der Waals surface area contributed by atoms with Gasteiger partial charge in [0.05, 0.1) is 12.2 Å². The Morgan fingerprint density at radius 2 is 2.00 bits per heavy atom. The molecule has 0 radical (unpaired) electrons. The van der Waals surface area contributed by atoms with Gasteiger partial charge in [0.2, 0.25) is 0 Å². The highest BCUT2D eigenvalue weighted by atomic mass is 16.3. The first kappa shape index (κ1) is 14.0. The van der Waals surface area contributed by atoms with E-state index in [1.165, 1.54) is 6.42 Å². The van der Waals surface area contributed by atoms with Crippen molar-refractivity contribution in [2.24, 2.45) is 11.3 Å². The zero-order chi connectivity index (χ0) is 12.2.